The summed E-state index contributed by atoms with van der Waals surface area (Å²) >= 11 is 0. The Morgan fingerprint density at radius 3 is 2.83 bits per heavy atom. The predicted molar refractivity (Wildman–Crippen MR) is 91.4 cm³/mol. The molecule has 1 aliphatic heterocycles. The molecule has 0 fully saturated rings. The Morgan fingerprint density at radius 2 is 1.96 bits per heavy atom. The lowest BCUT2D eigenvalue weighted by Crippen LogP contribution is -2.24. The monoisotopic (exact) mass is 305 g/mol. The van der Waals surface area contributed by atoms with Gasteiger partial charge in [0, 0.05) is 30.1 Å². The third-order valence-corrected chi connectivity index (χ3v) is 4.33. The van der Waals surface area contributed by atoms with Crippen LogP contribution in [0.15, 0.2) is 42.9 Å². The molecule has 0 unspecified atom stereocenters. The number of nitrogens with one attached hydrogen (secondary N) is 1. The molecule has 5 heteroatoms. The highest BCUT2D eigenvalue weighted by molar-refractivity contribution is 5.82. The van der Waals surface area contributed by atoms with Gasteiger partial charge in [-0.05, 0) is 26.0 Å². The van der Waals surface area contributed by atoms with Crippen LogP contribution in [0.4, 0.5) is 11.5 Å². The number of fused-ring (bicyclic) bond motifs is 2. The van der Waals surface area contributed by atoms with Crippen molar-refractivity contribution in [3.8, 4) is 0 Å². The van der Waals surface area contributed by atoms with Gasteiger partial charge >= 0.3 is 0 Å². The van der Waals surface area contributed by atoms with Crippen LogP contribution in [0, 0.1) is 0 Å². The van der Waals surface area contributed by atoms with Crippen LogP contribution in [0.25, 0.3) is 10.9 Å². The molecule has 2 aromatic heterocycles. The van der Waals surface area contributed by atoms with Crippen LogP contribution in [0.1, 0.15) is 25.1 Å². The van der Waals surface area contributed by atoms with E-state index < -0.39 is 0 Å². The zero-order valence-corrected chi connectivity index (χ0v) is 13.3. The summed E-state index contributed by atoms with van der Waals surface area (Å²) in [4.78, 5) is 15.8. The molecular weight excluding hydrogens is 286 g/mol. The van der Waals surface area contributed by atoms with Gasteiger partial charge in [-0.3, -0.25) is 9.88 Å². The van der Waals surface area contributed by atoms with E-state index in [1.807, 2.05) is 24.4 Å². The maximum atomic E-state index is 4.50. The van der Waals surface area contributed by atoms with Gasteiger partial charge in [0.15, 0.2) is 0 Å². The van der Waals surface area contributed by atoms with Crippen LogP contribution >= 0.6 is 0 Å². The van der Waals surface area contributed by atoms with Gasteiger partial charge in [0.2, 0.25) is 0 Å². The van der Waals surface area contributed by atoms with Gasteiger partial charge in [-0.1, -0.05) is 18.2 Å². The number of para-hydroxylation sites is 1. The SMILES string of the molecule is CC(C)N1Cc2ncnc(Nc3cnc4ccccc4c3)c2C1. The number of nitrogens with zero attached hydrogens (tertiary/aromatic N) is 4. The van der Waals surface area contributed by atoms with E-state index in [0.29, 0.717) is 6.04 Å². The second-order valence-electron chi connectivity index (χ2n) is 6.19. The topological polar surface area (TPSA) is 53.9 Å². The molecule has 0 bridgehead atoms. The van der Waals surface area contributed by atoms with E-state index in [9.17, 15) is 0 Å². The summed E-state index contributed by atoms with van der Waals surface area (Å²) in [5, 5.41) is 4.53. The lowest BCUT2D eigenvalue weighted by atomic mass is 10.2. The van der Waals surface area contributed by atoms with Gasteiger partial charge in [-0.25, -0.2) is 9.97 Å². The molecule has 5 nitrogen and oxygen atoms in total. The fraction of sp³-hybridized carbons (Fsp3) is 0.278. The minimum atomic E-state index is 0.499. The Hall–Kier alpha value is -2.53. The molecule has 0 spiro atoms. The Kier molecular flexibility index (Phi) is 3.42. The van der Waals surface area contributed by atoms with E-state index in [1.54, 1.807) is 6.33 Å². The number of benzene rings is 1. The van der Waals surface area contributed by atoms with Gasteiger partial charge in [-0.15, -0.1) is 0 Å². The van der Waals surface area contributed by atoms with E-state index in [2.05, 4.69) is 51.1 Å². The number of aromatic nitrogens is 3. The molecule has 3 aromatic rings. The maximum absolute atomic E-state index is 4.50. The average molecular weight is 305 g/mol. The zero-order chi connectivity index (χ0) is 15.8. The van der Waals surface area contributed by atoms with E-state index in [-0.39, 0.29) is 0 Å². The Morgan fingerprint density at radius 1 is 1.09 bits per heavy atom. The van der Waals surface area contributed by atoms with E-state index in [1.165, 1.54) is 5.56 Å². The van der Waals surface area contributed by atoms with Crippen molar-refractivity contribution < 1.29 is 0 Å². The van der Waals surface area contributed by atoms with E-state index in [0.717, 1.165) is 41.2 Å². The molecule has 1 N–H and O–H groups in total. The lowest BCUT2D eigenvalue weighted by molar-refractivity contribution is 0.226. The smallest absolute Gasteiger partial charge is 0.138 e. The second kappa shape index (κ2) is 5.59. The van der Waals surface area contributed by atoms with Crippen molar-refractivity contribution in [1.29, 1.82) is 0 Å². The third kappa shape index (κ3) is 2.64. The first-order valence-corrected chi connectivity index (χ1v) is 7.89. The van der Waals surface area contributed by atoms with Gasteiger partial charge < -0.3 is 5.32 Å². The van der Waals surface area contributed by atoms with Crippen LogP contribution in [0.3, 0.4) is 0 Å². The van der Waals surface area contributed by atoms with Crippen LogP contribution in [0.5, 0.6) is 0 Å². The molecule has 1 aromatic carbocycles. The number of hydrogen-bond acceptors (Lipinski definition) is 5. The molecule has 3 heterocycles. The van der Waals surface area contributed by atoms with Gasteiger partial charge in [-0.2, -0.15) is 0 Å². The standard InChI is InChI=1S/C18H19N5/c1-12(2)23-9-15-17(10-23)20-11-21-18(15)22-14-7-13-5-3-4-6-16(13)19-8-14/h3-8,11-12H,9-10H2,1-2H3,(H,20,21,22). The fourth-order valence-electron chi connectivity index (χ4n) is 2.95. The fourth-order valence-corrected chi connectivity index (χ4v) is 2.95. The van der Waals surface area contributed by atoms with Gasteiger partial charge in [0.1, 0.15) is 12.1 Å². The summed E-state index contributed by atoms with van der Waals surface area (Å²) in [6.45, 7) is 6.19. The van der Waals surface area contributed by atoms with Crippen LogP contribution < -0.4 is 5.32 Å². The molecule has 0 saturated carbocycles. The average Bonchev–Trinajstić information content (AvgIpc) is 3.00. The number of rotatable bonds is 3. The number of anilines is 2. The quantitative estimate of drug-likeness (QED) is 0.802. The highest BCUT2D eigenvalue weighted by atomic mass is 15.2. The summed E-state index contributed by atoms with van der Waals surface area (Å²) in [5.41, 5.74) is 4.25. The Bertz CT molecular complexity index is 859. The molecule has 1 aliphatic rings. The maximum Gasteiger partial charge on any atom is 0.138 e. The third-order valence-electron chi connectivity index (χ3n) is 4.33. The number of pyridine rings is 1. The molecule has 0 amide bonds. The lowest BCUT2D eigenvalue weighted by Gasteiger charge is -2.18. The van der Waals surface area contributed by atoms with Crippen molar-refractivity contribution in [2.75, 3.05) is 5.32 Å². The van der Waals surface area contributed by atoms with Crippen molar-refractivity contribution in [3.05, 3.63) is 54.1 Å². The molecule has 23 heavy (non-hydrogen) atoms. The van der Waals surface area contributed by atoms with Crippen molar-refractivity contribution in [2.24, 2.45) is 0 Å². The second-order valence-corrected chi connectivity index (χ2v) is 6.19. The van der Waals surface area contributed by atoms with E-state index >= 15 is 0 Å². The largest absolute Gasteiger partial charge is 0.339 e. The van der Waals surface area contributed by atoms with Crippen molar-refractivity contribution in [3.63, 3.8) is 0 Å². The van der Waals surface area contributed by atoms with Crippen molar-refractivity contribution >= 4 is 22.4 Å². The Labute approximate surface area is 135 Å². The Balaban J connectivity index is 1.66. The van der Waals surface area contributed by atoms with Crippen LogP contribution in [0.2, 0.25) is 0 Å². The molecule has 4 rings (SSSR count). The predicted octanol–water partition coefficient (Wildman–Crippen LogP) is 3.49. The minimum absolute atomic E-state index is 0.499. The zero-order valence-electron chi connectivity index (χ0n) is 13.3. The molecule has 116 valence electrons. The molecule has 0 radical (unpaired) electrons. The van der Waals surface area contributed by atoms with Gasteiger partial charge in [0.25, 0.3) is 0 Å². The first-order chi connectivity index (χ1) is 11.2. The van der Waals surface area contributed by atoms with Crippen molar-refractivity contribution in [1.82, 2.24) is 19.9 Å². The summed E-state index contributed by atoms with van der Waals surface area (Å²) < 4.78 is 0. The summed E-state index contributed by atoms with van der Waals surface area (Å²) in [7, 11) is 0. The first kappa shape index (κ1) is 14.1. The molecular formula is C18H19N5. The van der Waals surface area contributed by atoms with Crippen LogP contribution in [-0.4, -0.2) is 25.9 Å². The first-order valence-electron chi connectivity index (χ1n) is 7.89. The van der Waals surface area contributed by atoms with E-state index in [4.69, 9.17) is 0 Å². The van der Waals surface area contributed by atoms with Crippen LogP contribution in [-0.2, 0) is 13.1 Å². The summed E-state index contributed by atoms with van der Waals surface area (Å²) in [6, 6.07) is 10.7. The van der Waals surface area contributed by atoms with Gasteiger partial charge in [0.05, 0.1) is 23.1 Å². The minimum Gasteiger partial charge on any atom is -0.339 e. The number of hydrogen-bond donors (Lipinski definition) is 1. The molecule has 0 aliphatic carbocycles. The molecule has 0 saturated heterocycles. The summed E-state index contributed by atoms with van der Waals surface area (Å²) in [6.07, 6.45) is 3.49. The highest BCUT2D eigenvalue weighted by Gasteiger charge is 2.25. The van der Waals surface area contributed by atoms with Crippen molar-refractivity contribution in [2.45, 2.75) is 33.0 Å². The molecule has 0 atom stereocenters. The normalized spacial score (nSPS) is 14.4. The highest BCUT2D eigenvalue weighted by Crippen LogP contribution is 2.29. The summed E-state index contributed by atoms with van der Waals surface area (Å²) in [5.74, 6) is 0.884.